The third kappa shape index (κ3) is 7.25. The van der Waals surface area contributed by atoms with E-state index in [1.807, 2.05) is 54.6 Å². The molecule has 3 heterocycles. The third-order valence-electron chi connectivity index (χ3n) is 13.8. The van der Waals surface area contributed by atoms with Gasteiger partial charge in [0.2, 0.25) is 0 Å². The van der Waals surface area contributed by atoms with Gasteiger partial charge in [-0.15, -0.1) is 0 Å². The molecule has 0 amide bonds. The Labute approximate surface area is 405 Å². The highest BCUT2D eigenvalue weighted by Crippen LogP contribution is 2.49. The van der Waals surface area contributed by atoms with Crippen molar-refractivity contribution in [1.82, 2.24) is 24.9 Å². The number of aromatic nitrogens is 5. The predicted octanol–water partition coefficient (Wildman–Crippen LogP) is 16.2. The van der Waals surface area contributed by atoms with Gasteiger partial charge in [-0.3, -0.25) is 0 Å². The van der Waals surface area contributed by atoms with E-state index in [0.717, 1.165) is 89.0 Å². The van der Waals surface area contributed by atoms with Crippen LogP contribution in [0.2, 0.25) is 0 Å². The minimum atomic E-state index is -0.160. The van der Waals surface area contributed by atoms with Gasteiger partial charge in [0.1, 0.15) is 11.2 Å². The fraction of sp³-hybridized carbons (Fsp3) is 0.0469. The van der Waals surface area contributed by atoms with Gasteiger partial charge >= 0.3 is 0 Å². The first-order valence-electron chi connectivity index (χ1n) is 23.6. The SMILES string of the molecule is CC1(C)c2ccccc2-c2ccc(-c3nc(-c4ccc(-c5cccc(-c6nc(-c7ccccc7)nc(-c7ccc(-c8ccccc8)cc7)n6)c5)cc4)cc(-c4ccc5c(c4)oc4ccccc45)n3)cc21. The second-order valence-corrected chi connectivity index (χ2v) is 18.5. The average molecular weight is 898 g/mol. The van der Waals surface area contributed by atoms with Gasteiger partial charge in [0, 0.05) is 49.6 Å². The smallest absolute Gasteiger partial charge is 0.164 e. The molecule has 13 rings (SSSR count). The van der Waals surface area contributed by atoms with Crippen molar-refractivity contribution in [3.8, 4) is 101 Å². The molecular formula is C64H43N5O. The van der Waals surface area contributed by atoms with Crippen LogP contribution in [0.3, 0.4) is 0 Å². The molecule has 1 aliphatic rings. The van der Waals surface area contributed by atoms with Gasteiger partial charge in [-0.25, -0.2) is 24.9 Å². The Morgan fingerprint density at radius 2 is 0.757 bits per heavy atom. The number of hydrogen-bond acceptors (Lipinski definition) is 6. The lowest BCUT2D eigenvalue weighted by Gasteiger charge is -2.21. The van der Waals surface area contributed by atoms with Crippen molar-refractivity contribution in [3.63, 3.8) is 0 Å². The van der Waals surface area contributed by atoms with Gasteiger partial charge in [0.05, 0.1) is 11.4 Å². The number of furan rings is 1. The minimum absolute atomic E-state index is 0.160. The van der Waals surface area contributed by atoms with Crippen LogP contribution >= 0.6 is 0 Å². The molecule has 0 unspecified atom stereocenters. The quantitative estimate of drug-likeness (QED) is 0.151. The van der Waals surface area contributed by atoms with Gasteiger partial charge in [-0.1, -0.05) is 202 Å². The molecular weight excluding hydrogens is 855 g/mol. The van der Waals surface area contributed by atoms with Crippen molar-refractivity contribution in [2.45, 2.75) is 19.3 Å². The standard InChI is InChI=1S/C64H43N5O/c1-64(2)54-22-11-9-20-50(54)51-34-33-49(37-55(51)64)62-65-56(39-57(66-62)47-32-35-53-52-21-10-12-23-58(52)70-59(53)38-47)43-28-24-42(25-29-43)46-18-13-19-48(36-46)63-68-60(44-16-7-4-8-17-44)67-61(69-63)45-30-26-41(27-31-45)40-14-5-3-6-15-40/h3-39H,1-2H3. The lowest BCUT2D eigenvalue weighted by Crippen LogP contribution is -2.15. The van der Waals surface area contributed by atoms with Crippen molar-refractivity contribution in [2.75, 3.05) is 0 Å². The van der Waals surface area contributed by atoms with Crippen LogP contribution in [0, 0.1) is 0 Å². The average Bonchev–Trinajstić information content (AvgIpc) is 3.92. The number of rotatable bonds is 8. The zero-order valence-electron chi connectivity index (χ0n) is 38.5. The van der Waals surface area contributed by atoms with Gasteiger partial charge in [0.15, 0.2) is 23.3 Å². The van der Waals surface area contributed by atoms with Gasteiger partial charge in [0.25, 0.3) is 0 Å². The van der Waals surface area contributed by atoms with E-state index in [1.54, 1.807) is 0 Å². The highest BCUT2D eigenvalue weighted by Gasteiger charge is 2.35. The Balaban J connectivity index is 0.871. The van der Waals surface area contributed by atoms with Crippen molar-refractivity contribution in [1.29, 1.82) is 0 Å². The molecule has 0 atom stereocenters. The summed E-state index contributed by atoms with van der Waals surface area (Å²) in [5.41, 5.74) is 18.4. The lowest BCUT2D eigenvalue weighted by atomic mass is 9.82. The molecule has 330 valence electrons. The van der Waals surface area contributed by atoms with Crippen LogP contribution in [0.5, 0.6) is 0 Å². The highest BCUT2D eigenvalue weighted by atomic mass is 16.3. The Kier molecular flexibility index (Phi) is 9.73. The monoisotopic (exact) mass is 897 g/mol. The zero-order valence-corrected chi connectivity index (χ0v) is 38.5. The molecule has 12 aromatic rings. The fourth-order valence-electron chi connectivity index (χ4n) is 10.1. The zero-order chi connectivity index (χ0) is 46.8. The molecule has 9 aromatic carbocycles. The summed E-state index contributed by atoms with van der Waals surface area (Å²) in [6.07, 6.45) is 0. The Morgan fingerprint density at radius 3 is 1.51 bits per heavy atom. The topological polar surface area (TPSA) is 77.6 Å². The molecule has 0 saturated heterocycles. The Bertz CT molecular complexity index is 3950. The predicted molar refractivity (Wildman–Crippen MR) is 284 cm³/mol. The van der Waals surface area contributed by atoms with Crippen molar-refractivity contribution in [2.24, 2.45) is 0 Å². The van der Waals surface area contributed by atoms with E-state index in [-0.39, 0.29) is 5.41 Å². The van der Waals surface area contributed by atoms with Crippen LogP contribution in [0.25, 0.3) is 123 Å². The van der Waals surface area contributed by atoms with Gasteiger partial charge in [-0.05, 0) is 80.9 Å². The van der Waals surface area contributed by atoms with E-state index in [4.69, 9.17) is 29.3 Å². The molecule has 0 aliphatic heterocycles. The lowest BCUT2D eigenvalue weighted by molar-refractivity contribution is 0.660. The summed E-state index contributed by atoms with van der Waals surface area (Å²) in [6.45, 7) is 4.61. The van der Waals surface area contributed by atoms with E-state index in [1.165, 1.54) is 22.3 Å². The second-order valence-electron chi connectivity index (χ2n) is 18.5. The number of benzene rings is 9. The maximum Gasteiger partial charge on any atom is 0.164 e. The fourth-order valence-corrected chi connectivity index (χ4v) is 10.1. The molecule has 1 aliphatic carbocycles. The summed E-state index contributed by atoms with van der Waals surface area (Å²) in [5.74, 6) is 2.52. The summed E-state index contributed by atoms with van der Waals surface area (Å²) in [5, 5.41) is 2.18. The minimum Gasteiger partial charge on any atom is -0.456 e. The number of fused-ring (bicyclic) bond motifs is 6. The summed E-state index contributed by atoms with van der Waals surface area (Å²) in [7, 11) is 0. The van der Waals surface area contributed by atoms with Gasteiger partial charge in [-0.2, -0.15) is 0 Å². The molecule has 70 heavy (non-hydrogen) atoms. The molecule has 6 heteroatoms. The van der Waals surface area contributed by atoms with E-state index >= 15 is 0 Å². The molecule has 0 radical (unpaired) electrons. The maximum absolute atomic E-state index is 6.36. The van der Waals surface area contributed by atoms with E-state index in [9.17, 15) is 0 Å². The number of nitrogens with zero attached hydrogens (tertiary/aromatic N) is 5. The van der Waals surface area contributed by atoms with Crippen molar-refractivity contribution >= 4 is 21.9 Å². The second kappa shape index (κ2) is 16.6. The Hall–Kier alpha value is -9.13. The van der Waals surface area contributed by atoms with Crippen LogP contribution in [-0.2, 0) is 5.41 Å². The van der Waals surface area contributed by atoms with E-state index < -0.39 is 0 Å². The maximum atomic E-state index is 6.36. The summed E-state index contributed by atoms with van der Waals surface area (Å²) >= 11 is 0. The molecule has 0 N–H and O–H groups in total. The summed E-state index contributed by atoms with van der Waals surface area (Å²) < 4.78 is 6.36. The third-order valence-corrected chi connectivity index (χ3v) is 13.8. The molecule has 0 saturated carbocycles. The van der Waals surface area contributed by atoms with E-state index in [2.05, 4.69) is 184 Å². The van der Waals surface area contributed by atoms with Crippen LogP contribution in [0.4, 0.5) is 0 Å². The van der Waals surface area contributed by atoms with Crippen LogP contribution < -0.4 is 0 Å². The van der Waals surface area contributed by atoms with Crippen LogP contribution in [0.1, 0.15) is 25.0 Å². The largest absolute Gasteiger partial charge is 0.456 e. The van der Waals surface area contributed by atoms with Crippen LogP contribution in [-0.4, -0.2) is 24.9 Å². The first-order valence-corrected chi connectivity index (χ1v) is 23.6. The number of para-hydroxylation sites is 1. The molecule has 3 aromatic heterocycles. The van der Waals surface area contributed by atoms with E-state index in [0.29, 0.717) is 23.3 Å². The summed E-state index contributed by atoms with van der Waals surface area (Å²) in [6, 6.07) is 78.0. The van der Waals surface area contributed by atoms with Crippen molar-refractivity contribution < 1.29 is 4.42 Å². The summed E-state index contributed by atoms with van der Waals surface area (Å²) in [4.78, 5) is 25.7. The Morgan fingerprint density at radius 1 is 0.286 bits per heavy atom. The van der Waals surface area contributed by atoms with Gasteiger partial charge < -0.3 is 4.42 Å². The normalized spacial score (nSPS) is 12.5. The molecule has 0 bridgehead atoms. The molecule has 0 spiro atoms. The number of hydrogen-bond donors (Lipinski definition) is 0. The first-order chi connectivity index (χ1) is 34.4. The highest BCUT2D eigenvalue weighted by molar-refractivity contribution is 6.06. The molecule has 6 nitrogen and oxygen atoms in total. The first kappa shape index (κ1) is 41.1. The van der Waals surface area contributed by atoms with Crippen LogP contribution in [0.15, 0.2) is 229 Å². The molecule has 0 fully saturated rings. The van der Waals surface area contributed by atoms with Crippen molar-refractivity contribution in [3.05, 3.63) is 236 Å².